The van der Waals surface area contributed by atoms with Gasteiger partial charge < -0.3 is 9.30 Å². The van der Waals surface area contributed by atoms with E-state index < -0.39 is 17.1 Å². The highest BCUT2D eigenvalue weighted by Gasteiger charge is 2.36. The minimum atomic E-state index is -0.590. The van der Waals surface area contributed by atoms with Crippen molar-refractivity contribution >= 4 is 45.9 Å². The summed E-state index contributed by atoms with van der Waals surface area (Å²) in [6.45, 7) is 5.70. The average Bonchev–Trinajstić information content (AvgIpc) is 3.09. The van der Waals surface area contributed by atoms with E-state index >= 15 is 0 Å². The quantitative estimate of drug-likeness (QED) is 0.589. The number of ether oxygens (including phenoxy) is 1. The van der Waals surface area contributed by atoms with Gasteiger partial charge in [0.25, 0.3) is 11.1 Å². The molecule has 1 fully saturated rings. The maximum absolute atomic E-state index is 12.5. The van der Waals surface area contributed by atoms with Crippen LogP contribution in [0.5, 0.6) is 0 Å². The van der Waals surface area contributed by atoms with Crippen LogP contribution in [0.15, 0.2) is 35.4 Å². The second-order valence-electron chi connectivity index (χ2n) is 6.18. The first kappa shape index (κ1) is 18.3. The van der Waals surface area contributed by atoms with Crippen LogP contribution in [0.4, 0.5) is 4.79 Å². The number of amides is 2. The molecule has 1 aliphatic heterocycles. The van der Waals surface area contributed by atoms with Crippen molar-refractivity contribution in [1.29, 1.82) is 0 Å². The predicted octanol–water partition coefficient (Wildman–Crippen LogP) is 3.82. The van der Waals surface area contributed by atoms with Crippen LogP contribution in [0, 0.1) is 0 Å². The van der Waals surface area contributed by atoms with Crippen LogP contribution in [0.2, 0.25) is 0 Å². The number of thioether (sulfide) groups is 1. The van der Waals surface area contributed by atoms with E-state index in [9.17, 15) is 14.4 Å². The molecular weight excluding hydrogens is 352 g/mol. The molecule has 2 heterocycles. The van der Waals surface area contributed by atoms with E-state index in [-0.39, 0.29) is 19.2 Å². The average molecular weight is 372 g/mol. The predicted molar refractivity (Wildman–Crippen MR) is 102 cm³/mol. The van der Waals surface area contributed by atoms with Crippen molar-refractivity contribution in [2.24, 2.45) is 0 Å². The van der Waals surface area contributed by atoms with Gasteiger partial charge in [0, 0.05) is 28.7 Å². The number of carbonyl (C=O) groups is 3. The summed E-state index contributed by atoms with van der Waals surface area (Å²) < 4.78 is 6.95. The molecule has 1 aromatic carbocycles. The number of carbonyl (C=O) groups excluding carboxylic acids is 3. The van der Waals surface area contributed by atoms with Gasteiger partial charge in [-0.3, -0.25) is 19.3 Å². The Morgan fingerprint density at radius 3 is 2.69 bits per heavy atom. The van der Waals surface area contributed by atoms with Crippen molar-refractivity contribution < 1.29 is 19.1 Å². The topological polar surface area (TPSA) is 68.6 Å². The van der Waals surface area contributed by atoms with Gasteiger partial charge >= 0.3 is 5.97 Å². The van der Waals surface area contributed by atoms with E-state index in [4.69, 9.17) is 4.74 Å². The lowest BCUT2D eigenvalue weighted by atomic mass is 10.1. The van der Waals surface area contributed by atoms with Gasteiger partial charge in [0.1, 0.15) is 6.54 Å². The van der Waals surface area contributed by atoms with Crippen LogP contribution >= 0.6 is 11.8 Å². The number of nitrogens with zero attached hydrogens (tertiary/aromatic N) is 2. The molecule has 6 nitrogen and oxygen atoms in total. The van der Waals surface area contributed by atoms with Gasteiger partial charge in [-0.25, -0.2) is 0 Å². The summed E-state index contributed by atoms with van der Waals surface area (Å²) in [5.41, 5.74) is 1.94. The van der Waals surface area contributed by atoms with Crippen molar-refractivity contribution in [2.45, 2.75) is 26.8 Å². The highest BCUT2D eigenvalue weighted by molar-refractivity contribution is 8.18. The molecule has 0 atom stereocenters. The standard InChI is InChI=1S/C19H20N2O4S/c1-4-25-17(22)11-21-18(23)16(26-19(21)24)9-13-10-20(12(2)3)15-8-6-5-7-14(13)15/h5-10,12H,4,11H2,1-3H3. The molecule has 0 N–H and O–H groups in total. The number of aromatic nitrogens is 1. The number of imide groups is 1. The molecule has 1 saturated heterocycles. The fourth-order valence-corrected chi connectivity index (χ4v) is 3.72. The fraction of sp³-hybridized carbons (Fsp3) is 0.316. The number of hydrogen-bond acceptors (Lipinski definition) is 5. The normalized spacial score (nSPS) is 16.3. The molecule has 136 valence electrons. The van der Waals surface area contributed by atoms with Crippen LogP contribution in [0.3, 0.4) is 0 Å². The van der Waals surface area contributed by atoms with Crippen molar-refractivity contribution in [2.75, 3.05) is 13.2 Å². The Morgan fingerprint density at radius 2 is 2.00 bits per heavy atom. The van der Waals surface area contributed by atoms with Gasteiger partial charge in [0.15, 0.2) is 0 Å². The number of benzene rings is 1. The second-order valence-corrected chi connectivity index (χ2v) is 7.17. The summed E-state index contributed by atoms with van der Waals surface area (Å²) in [5.74, 6) is -1.05. The van der Waals surface area contributed by atoms with Gasteiger partial charge in [0.05, 0.1) is 11.5 Å². The van der Waals surface area contributed by atoms with Crippen molar-refractivity contribution in [1.82, 2.24) is 9.47 Å². The lowest BCUT2D eigenvalue weighted by molar-refractivity contribution is -0.145. The van der Waals surface area contributed by atoms with E-state index in [1.807, 2.05) is 30.5 Å². The molecule has 7 heteroatoms. The van der Waals surface area contributed by atoms with E-state index in [1.165, 1.54) is 0 Å². The number of para-hydroxylation sites is 1. The third kappa shape index (κ3) is 3.39. The molecule has 26 heavy (non-hydrogen) atoms. The Labute approximate surface area is 155 Å². The molecule has 0 bridgehead atoms. The summed E-state index contributed by atoms with van der Waals surface area (Å²) in [4.78, 5) is 37.5. The molecule has 2 amide bonds. The van der Waals surface area contributed by atoms with E-state index in [0.717, 1.165) is 33.1 Å². The summed E-state index contributed by atoms with van der Waals surface area (Å²) in [6, 6.07) is 8.19. The lowest BCUT2D eigenvalue weighted by Gasteiger charge is -2.10. The zero-order valence-electron chi connectivity index (χ0n) is 14.9. The first-order valence-corrected chi connectivity index (χ1v) is 9.24. The SMILES string of the molecule is CCOC(=O)CN1C(=O)SC(=Cc2cn(C(C)C)c3ccccc23)C1=O. The molecule has 0 saturated carbocycles. The zero-order chi connectivity index (χ0) is 18.8. The van der Waals surface area contributed by atoms with Crippen molar-refractivity contribution in [3.63, 3.8) is 0 Å². The highest BCUT2D eigenvalue weighted by atomic mass is 32.2. The third-order valence-corrected chi connectivity index (χ3v) is 4.99. The molecule has 0 aliphatic carbocycles. The summed E-state index contributed by atoms with van der Waals surface area (Å²) in [6.07, 6.45) is 3.70. The minimum absolute atomic E-state index is 0.208. The Balaban J connectivity index is 1.94. The van der Waals surface area contributed by atoms with Crippen LogP contribution < -0.4 is 0 Å². The largest absolute Gasteiger partial charge is 0.465 e. The molecular formula is C19H20N2O4S. The van der Waals surface area contributed by atoms with Crippen LogP contribution in [-0.4, -0.2) is 39.7 Å². The first-order valence-electron chi connectivity index (χ1n) is 8.43. The van der Waals surface area contributed by atoms with Gasteiger partial charge in [-0.2, -0.15) is 0 Å². The second kappa shape index (κ2) is 7.37. The third-order valence-electron chi connectivity index (χ3n) is 4.08. The molecule has 2 aromatic rings. The number of hydrogen-bond donors (Lipinski definition) is 0. The summed E-state index contributed by atoms with van der Waals surface area (Å²) in [7, 11) is 0. The van der Waals surface area contributed by atoms with Gasteiger partial charge in [-0.05, 0) is 44.7 Å². The number of esters is 1. The van der Waals surface area contributed by atoms with Crippen molar-refractivity contribution in [3.8, 4) is 0 Å². The van der Waals surface area contributed by atoms with Crippen molar-refractivity contribution in [3.05, 3.63) is 40.9 Å². The maximum atomic E-state index is 12.5. The van der Waals surface area contributed by atoms with E-state index in [1.54, 1.807) is 13.0 Å². The summed E-state index contributed by atoms with van der Waals surface area (Å²) in [5, 5.41) is 0.556. The molecule has 1 aromatic heterocycles. The van der Waals surface area contributed by atoms with E-state index in [0.29, 0.717) is 4.91 Å². The minimum Gasteiger partial charge on any atom is -0.465 e. The van der Waals surface area contributed by atoms with Crippen LogP contribution in [0.1, 0.15) is 32.4 Å². The maximum Gasteiger partial charge on any atom is 0.326 e. The molecule has 0 unspecified atom stereocenters. The number of rotatable bonds is 5. The molecule has 0 spiro atoms. The Kier molecular flexibility index (Phi) is 5.18. The Bertz CT molecular complexity index is 913. The Hall–Kier alpha value is -2.54. The van der Waals surface area contributed by atoms with Gasteiger partial charge in [0.2, 0.25) is 0 Å². The molecule has 1 aliphatic rings. The fourth-order valence-electron chi connectivity index (χ4n) is 2.89. The lowest BCUT2D eigenvalue weighted by Crippen LogP contribution is -2.34. The monoisotopic (exact) mass is 372 g/mol. The summed E-state index contributed by atoms with van der Waals surface area (Å²) >= 11 is 0.844. The number of fused-ring (bicyclic) bond motifs is 1. The Morgan fingerprint density at radius 1 is 1.27 bits per heavy atom. The first-order chi connectivity index (χ1) is 12.4. The zero-order valence-corrected chi connectivity index (χ0v) is 15.7. The van der Waals surface area contributed by atoms with Crippen LogP contribution in [-0.2, 0) is 14.3 Å². The van der Waals surface area contributed by atoms with E-state index in [2.05, 4.69) is 18.4 Å². The van der Waals surface area contributed by atoms with Crippen LogP contribution in [0.25, 0.3) is 17.0 Å². The molecule has 0 radical (unpaired) electrons. The molecule has 3 rings (SSSR count). The smallest absolute Gasteiger partial charge is 0.326 e. The highest BCUT2D eigenvalue weighted by Crippen LogP contribution is 2.34. The van der Waals surface area contributed by atoms with Gasteiger partial charge in [-0.1, -0.05) is 18.2 Å². The van der Waals surface area contributed by atoms with Gasteiger partial charge in [-0.15, -0.1) is 0 Å².